The zero-order valence-electron chi connectivity index (χ0n) is 16.0. The molecule has 0 aliphatic carbocycles. The normalized spacial score (nSPS) is 11.9. The van der Waals surface area contributed by atoms with E-state index in [1.165, 1.54) is 25.1 Å². The molecule has 0 spiro atoms. The van der Waals surface area contributed by atoms with Crippen LogP contribution in [0.4, 0.5) is 20.2 Å². The Balaban J connectivity index is 2.20. The van der Waals surface area contributed by atoms with Crippen molar-refractivity contribution in [3.8, 4) is 0 Å². The molecule has 0 aliphatic heterocycles. The summed E-state index contributed by atoms with van der Waals surface area (Å²) in [7, 11) is 3.03. The highest BCUT2D eigenvalue weighted by Gasteiger charge is 2.26. The first kappa shape index (κ1) is 21.6. The molecule has 0 saturated heterocycles. The molecule has 0 radical (unpaired) electrons. The summed E-state index contributed by atoms with van der Waals surface area (Å²) in [4.78, 5) is 26.4. The molecule has 5 nitrogen and oxygen atoms in total. The van der Waals surface area contributed by atoms with Crippen LogP contribution in [0.3, 0.4) is 0 Å². The number of rotatable bonds is 6. The molecule has 1 atom stereocenters. The molecule has 0 aliphatic rings. The van der Waals surface area contributed by atoms with Crippen molar-refractivity contribution in [3.05, 3.63) is 58.6 Å². The first-order valence-corrected chi connectivity index (χ1v) is 9.02. The second-order valence-electron chi connectivity index (χ2n) is 6.85. The van der Waals surface area contributed by atoms with Crippen molar-refractivity contribution in [2.45, 2.75) is 19.9 Å². The molecule has 150 valence electrons. The average Bonchev–Trinajstić information content (AvgIpc) is 2.58. The minimum atomic E-state index is -0.927. The smallest absolute Gasteiger partial charge is 0.253 e. The molecule has 28 heavy (non-hydrogen) atoms. The lowest BCUT2D eigenvalue weighted by atomic mass is 10.0. The number of carbonyl (C=O) groups is 2. The fraction of sp³-hybridized carbons (Fsp3) is 0.300. The first-order valence-electron chi connectivity index (χ1n) is 8.64. The SMILES string of the molecule is CC(C)C(NC(=O)c1ccccc1Cl)C(=O)Nc1cc(F)c(N(C)C)c(F)c1. The fourth-order valence-electron chi connectivity index (χ4n) is 2.68. The quantitative estimate of drug-likeness (QED) is 0.755. The fourth-order valence-corrected chi connectivity index (χ4v) is 2.91. The molecular formula is C20H22ClF2N3O2. The van der Waals surface area contributed by atoms with E-state index in [4.69, 9.17) is 11.6 Å². The number of anilines is 2. The van der Waals surface area contributed by atoms with E-state index >= 15 is 0 Å². The third-order valence-corrected chi connectivity index (χ3v) is 4.42. The molecule has 8 heteroatoms. The van der Waals surface area contributed by atoms with Gasteiger partial charge in [-0.25, -0.2) is 8.78 Å². The van der Waals surface area contributed by atoms with E-state index in [1.54, 1.807) is 32.0 Å². The average molecular weight is 410 g/mol. The van der Waals surface area contributed by atoms with Crippen molar-refractivity contribution in [2.75, 3.05) is 24.3 Å². The number of halogens is 3. The summed E-state index contributed by atoms with van der Waals surface area (Å²) in [6, 6.07) is 7.59. The molecule has 0 bridgehead atoms. The molecule has 2 aromatic carbocycles. The third kappa shape index (κ3) is 4.98. The van der Waals surface area contributed by atoms with Gasteiger partial charge in [0.05, 0.1) is 10.6 Å². The lowest BCUT2D eigenvalue weighted by Crippen LogP contribution is -2.47. The molecule has 2 N–H and O–H groups in total. The summed E-state index contributed by atoms with van der Waals surface area (Å²) < 4.78 is 28.3. The second kappa shape index (κ2) is 9.01. The van der Waals surface area contributed by atoms with Crippen molar-refractivity contribution < 1.29 is 18.4 Å². The van der Waals surface area contributed by atoms with Gasteiger partial charge in [0.1, 0.15) is 11.7 Å². The van der Waals surface area contributed by atoms with Crippen LogP contribution in [0.1, 0.15) is 24.2 Å². The molecule has 0 saturated carbocycles. The molecule has 2 aromatic rings. The Morgan fingerprint density at radius 1 is 1.07 bits per heavy atom. The number of hydrogen-bond acceptors (Lipinski definition) is 3. The van der Waals surface area contributed by atoms with Crippen LogP contribution in [0.2, 0.25) is 5.02 Å². The van der Waals surface area contributed by atoms with Gasteiger partial charge in [-0.15, -0.1) is 0 Å². The van der Waals surface area contributed by atoms with Crippen molar-refractivity contribution in [3.63, 3.8) is 0 Å². The zero-order chi connectivity index (χ0) is 21.0. The van der Waals surface area contributed by atoms with Gasteiger partial charge in [-0.1, -0.05) is 37.6 Å². The van der Waals surface area contributed by atoms with Gasteiger partial charge in [0.15, 0.2) is 11.6 Å². The van der Waals surface area contributed by atoms with E-state index in [2.05, 4.69) is 10.6 Å². The Labute approximate surface area is 167 Å². The van der Waals surface area contributed by atoms with Gasteiger partial charge in [0.2, 0.25) is 5.91 Å². The highest BCUT2D eigenvalue weighted by Crippen LogP contribution is 2.26. The molecule has 2 rings (SSSR count). The highest BCUT2D eigenvalue weighted by atomic mass is 35.5. The van der Waals surface area contributed by atoms with Crippen molar-refractivity contribution >= 4 is 34.8 Å². The van der Waals surface area contributed by atoms with Crippen molar-refractivity contribution in [2.24, 2.45) is 5.92 Å². The third-order valence-electron chi connectivity index (χ3n) is 4.09. The van der Waals surface area contributed by atoms with Gasteiger partial charge in [0.25, 0.3) is 5.91 Å². The van der Waals surface area contributed by atoms with Crippen LogP contribution in [-0.4, -0.2) is 32.0 Å². The minimum absolute atomic E-state index is 0.0387. The number of nitrogens with zero attached hydrogens (tertiary/aromatic N) is 1. The summed E-state index contributed by atoms with van der Waals surface area (Å²) in [6.45, 7) is 3.49. The Bertz CT molecular complexity index is 864. The van der Waals surface area contributed by atoms with E-state index in [9.17, 15) is 18.4 Å². The summed E-state index contributed by atoms with van der Waals surface area (Å²) in [5.74, 6) is -2.99. The number of nitrogens with one attached hydrogen (secondary N) is 2. The van der Waals surface area contributed by atoms with Crippen LogP contribution in [0.5, 0.6) is 0 Å². The van der Waals surface area contributed by atoms with Crippen LogP contribution < -0.4 is 15.5 Å². The van der Waals surface area contributed by atoms with Crippen LogP contribution in [0.25, 0.3) is 0 Å². The molecule has 1 unspecified atom stereocenters. The highest BCUT2D eigenvalue weighted by molar-refractivity contribution is 6.33. The standard InChI is InChI=1S/C20H22ClF2N3O2/c1-11(2)17(25-19(27)13-7-5-6-8-14(13)21)20(28)24-12-9-15(22)18(26(3)4)16(23)10-12/h5-11,17H,1-4H3,(H,24,28)(H,25,27). The maximum Gasteiger partial charge on any atom is 0.253 e. The van der Waals surface area contributed by atoms with E-state index in [1.807, 2.05) is 0 Å². The first-order chi connectivity index (χ1) is 13.1. The zero-order valence-corrected chi connectivity index (χ0v) is 16.8. The Kier molecular flexibility index (Phi) is 6.96. The number of amides is 2. The monoisotopic (exact) mass is 409 g/mol. The number of hydrogen-bond donors (Lipinski definition) is 2. The second-order valence-corrected chi connectivity index (χ2v) is 7.25. The maximum atomic E-state index is 14.1. The summed E-state index contributed by atoms with van der Waals surface area (Å²) >= 11 is 6.02. The van der Waals surface area contributed by atoms with E-state index < -0.39 is 29.5 Å². The van der Waals surface area contributed by atoms with Gasteiger partial charge in [-0.05, 0) is 30.2 Å². The largest absolute Gasteiger partial charge is 0.373 e. The van der Waals surface area contributed by atoms with Crippen LogP contribution in [0, 0.1) is 17.6 Å². The van der Waals surface area contributed by atoms with Crippen LogP contribution >= 0.6 is 11.6 Å². The van der Waals surface area contributed by atoms with Gasteiger partial charge in [0, 0.05) is 19.8 Å². The molecule has 2 amide bonds. The predicted octanol–water partition coefficient (Wildman–Crippen LogP) is 4.08. The lowest BCUT2D eigenvalue weighted by Gasteiger charge is -2.22. The van der Waals surface area contributed by atoms with Crippen molar-refractivity contribution in [1.29, 1.82) is 0 Å². The minimum Gasteiger partial charge on any atom is -0.373 e. The molecule has 0 heterocycles. The van der Waals surface area contributed by atoms with Gasteiger partial charge in [-0.2, -0.15) is 0 Å². The number of benzene rings is 2. The summed E-state index contributed by atoms with van der Waals surface area (Å²) in [6.07, 6.45) is 0. The maximum absolute atomic E-state index is 14.1. The summed E-state index contributed by atoms with van der Waals surface area (Å²) in [5.41, 5.74) is -0.0104. The Morgan fingerprint density at radius 3 is 2.14 bits per heavy atom. The van der Waals surface area contributed by atoms with Crippen LogP contribution in [-0.2, 0) is 4.79 Å². The van der Waals surface area contributed by atoms with E-state index in [0.717, 1.165) is 12.1 Å². The van der Waals surface area contributed by atoms with E-state index in [0.29, 0.717) is 0 Å². The summed E-state index contributed by atoms with van der Waals surface area (Å²) in [5, 5.41) is 5.33. The number of carbonyl (C=O) groups excluding carboxylic acids is 2. The van der Waals surface area contributed by atoms with Gasteiger partial charge in [-0.3, -0.25) is 9.59 Å². The Hall–Kier alpha value is -2.67. The van der Waals surface area contributed by atoms with Crippen molar-refractivity contribution in [1.82, 2.24) is 5.32 Å². The van der Waals surface area contributed by atoms with Gasteiger partial charge < -0.3 is 15.5 Å². The molecule has 0 aromatic heterocycles. The molecule has 0 fully saturated rings. The van der Waals surface area contributed by atoms with Gasteiger partial charge >= 0.3 is 0 Å². The lowest BCUT2D eigenvalue weighted by molar-refractivity contribution is -0.118. The topological polar surface area (TPSA) is 61.4 Å². The molecular weight excluding hydrogens is 388 g/mol. The van der Waals surface area contributed by atoms with Crippen LogP contribution in [0.15, 0.2) is 36.4 Å². The van der Waals surface area contributed by atoms with E-state index in [-0.39, 0.29) is 27.9 Å². The predicted molar refractivity (Wildman–Crippen MR) is 107 cm³/mol. The Morgan fingerprint density at radius 2 is 1.64 bits per heavy atom.